The second-order valence-electron chi connectivity index (χ2n) is 7.19. The Morgan fingerprint density at radius 3 is 1.91 bits per heavy atom. The molecule has 1 aliphatic heterocycles. The molecule has 0 bridgehead atoms. The smallest absolute Gasteiger partial charge is 0.339 e. The second-order valence-corrected chi connectivity index (χ2v) is 9.13. The van der Waals surface area contributed by atoms with Gasteiger partial charge in [-0.2, -0.15) is 30.6 Å². The van der Waals surface area contributed by atoms with Crippen molar-refractivity contribution < 1.29 is 39.6 Å². The molecule has 1 aliphatic rings. The first-order valence-electron chi connectivity index (χ1n) is 9.42. The van der Waals surface area contributed by atoms with Crippen molar-refractivity contribution in [2.75, 3.05) is 26.2 Å². The van der Waals surface area contributed by atoms with E-state index in [4.69, 9.17) is 0 Å². The van der Waals surface area contributed by atoms with E-state index in [1.807, 2.05) is 0 Å². The minimum Gasteiger partial charge on any atom is -0.339 e. The topological polar surface area (TPSA) is 79.7 Å². The van der Waals surface area contributed by atoms with E-state index < -0.39 is 49.9 Å². The van der Waals surface area contributed by atoms with Gasteiger partial charge in [0.15, 0.2) is 0 Å². The highest BCUT2D eigenvalue weighted by Crippen LogP contribution is 2.37. The summed E-state index contributed by atoms with van der Waals surface area (Å²) in [6.07, 6.45) is -8.98. The molecule has 1 aromatic heterocycles. The summed E-state index contributed by atoms with van der Waals surface area (Å²) in [4.78, 5) is 24.2. The fraction of sp³-hybridized carbons (Fsp3) is 0.368. The first-order chi connectivity index (χ1) is 15.2. The number of nitrogens with zero attached hydrogens (tertiary/aromatic N) is 3. The third-order valence-electron chi connectivity index (χ3n) is 4.99. The first-order valence-corrected chi connectivity index (χ1v) is 10.9. The lowest BCUT2D eigenvalue weighted by molar-refractivity contribution is -0.143. The number of alkyl halides is 6. The second kappa shape index (κ2) is 8.82. The van der Waals surface area contributed by atoms with Crippen LogP contribution >= 0.6 is 0 Å². The molecule has 14 heteroatoms. The molecule has 3 rings (SSSR count). The summed E-state index contributed by atoms with van der Waals surface area (Å²) in [7, 11) is -4.70. The summed E-state index contributed by atoms with van der Waals surface area (Å²) < 4.78 is 106. The molecule has 33 heavy (non-hydrogen) atoms. The van der Waals surface area contributed by atoms with Crippen LogP contribution in [0.4, 0.5) is 26.3 Å². The highest BCUT2D eigenvalue weighted by molar-refractivity contribution is 7.89. The zero-order chi connectivity index (χ0) is 24.6. The standard InChI is InChI=1S/C19H17F6N3O4S/c20-18(21,22)13-9-14(19(23,24)25)11-15(10-13)33(31,32)28-7-5-26(6-8-28)17(30)12-27-4-2-1-3-16(27)29/h1-4,9-11H,5-8,12H2. The molecule has 1 saturated heterocycles. The molecular formula is C19H17F6N3O4S. The van der Waals surface area contributed by atoms with Gasteiger partial charge < -0.3 is 9.47 Å². The van der Waals surface area contributed by atoms with Crippen LogP contribution in [-0.2, 0) is 33.7 Å². The van der Waals surface area contributed by atoms with Gasteiger partial charge in [-0.1, -0.05) is 6.07 Å². The van der Waals surface area contributed by atoms with Gasteiger partial charge in [-0.15, -0.1) is 0 Å². The van der Waals surface area contributed by atoms with Crippen molar-refractivity contribution in [1.29, 1.82) is 0 Å². The van der Waals surface area contributed by atoms with E-state index in [0.29, 0.717) is 0 Å². The Morgan fingerprint density at radius 2 is 1.42 bits per heavy atom. The average molecular weight is 497 g/mol. The lowest BCUT2D eigenvalue weighted by atomic mass is 10.1. The highest BCUT2D eigenvalue weighted by atomic mass is 32.2. The van der Waals surface area contributed by atoms with Crippen molar-refractivity contribution in [1.82, 2.24) is 13.8 Å². The number of rotatable bonds is 4. The number of carbonyl (C=O) groups excluding carboxylic acids is 1. The average Bonchev–Trinajstić information content (AvgIpc) is 2.74. The number of benzene rings is 1. The summed E-state index contributed by atoms with van der Waals surface area (Å²) in [5, 5.41) is 0. The van der Waals surface area contributed by atoms with Gasteiger partial charge in [-0.25, -0.2) is 8.42 Å². The van der Waals surface area contributed by atoms with Crippen LogP contribution in [0.25, 0.3) is 0 Å². The van der Waals surface area contributed by atoms with Crippen molar-refractivity contribution in [2.45, 2.75) is 23.8 Å². The summed E-state index contributed by atoms with van der Waals surface area (Å²) in [5.74, 6) is -0.487. The van der Waals surface area contributed by atoms with Crippen molar-refractivity contribution in [3.8, 4) is 0 Å². The summed E-state index contributed by atoms with van der Waals surface area (Å²) in [5.41, 5.74) is -3.90. The molecule has 0 radical (unpaired) electrons. The van der Waals surface area contributed by atoms with Crippen LogP contribution in [0.2, 0.25) is 0 Å². The van der Waals surface area contributed by atoms with E-state index in [1.165, 1.54) is 23.2 Å². The van der Waals surface area contributed by atoms with E-state index in [1.54, 1.807) is 6.07 Å². The number of hydrogen-bond acceptors (Lipinski definition) is 4. The lowest BCUT2D eigenvalue weighted by Crippen LogP contribution is -2.51. The summed E-state index contributed by atoms with van der Waals surface area (Å²) in [6.45, 7) is -1.27. The van der Waals surface area contributed by atoms with Gasteiger partial charge in [0, 0.05) is 38.4 Å². The molecule has 0 atom stereocenters. The Hall–Kier alpha value is -2.87. The molecule has 0 spiro atoms. The third kappa shape index (κ3) is 5.55. The quantitative estimate of drug-likeness (QED) is 0.608. The van der Waals surface area contributed by atoms with Crippen LogP contribution in [0, 0.1) is 0 Å². The molecule has 1 amide bonds. The van der Waals surface area contributed by atoms with Crippen molar-refractivity contribution in [2.24, 2.45) is 0 Å². The van der Waals surface area contributed by atoms with E-state index in [-0.39, 0.29) is 50.9 Å². The molecule has 0 N–H and O–H groups in total. The zero-order valence-electron chi connectivity index (χ0n) is 16.7. The van der Waals surface area contributed by atoms with Crippen molar-refractivity contribution in [3.63, 3.8) is 0 Å². The van der Waals surface area contributed by atoms with Gasteiger partial charge >= 0.3 is 12.4 Å². The SMILES string of the molecule is O=C(Cn1ccccc1=O)N1CCN(S(=O)(=O)c2cc(C(F)(F)F)cc(C(F)(F)F)c2)CC1. The number of piperazine rings is 1. The van der Waals surface area contributed by atoms with Crippen LogP contribution in [0.5, 0.6) is 0 Å². The molecule has 1 fully saturated rings. The number of amides is 1. The number of pyridine rings is 1. The van der Waals surface area contributed by atoms with Gasteiger partial charge in [0.2, 0.25) is 15.9 Å². The molecular weight excluding hydrogens is 480 g/mol. The van der Waals surface area contributed by atoms with E-state index in [2.05, 4.69) is 0 Å². The zero-order valence-corrected chi connectivity index (χ0v) is 17.5. The Balaban J connectivity index is 1.79. The molecule has 180 valence electrons. The largest absolute Gasteiger partial charge is 0.416 e. The molecule has 2 aromatic rings. The maximum absolute atomic E-state index is 13.1. The molecule has 0 aliphatic carbocycles. The fourth-order valence-corrected chi connectivity index (χ4v) is 4.73. The molecule has 0 saturated carbocycles. The van der Waals surface area contributed by atoms with E-state index in [0.717, 1.165) is 8.87 Å². The number of halogens is 6. The van der Waals surface area contributed by atoms with Gasteiger partial charge in [-0.3, -0.25) is 9.59 Å². The van der Waals surface area contributed by atoms with Crippen molar-refractivity contribution in [3.05, 3.63) is 64.1 Å². The minimum absolute atomic E-state index is 0.148. The van der Waals surface area contributed by atoms with E-state index in [9.17, 15) is 44.3 Å². The van der Waals surface area contributed by atoms with Crippen LogP contribution in [0.1, 0.15) is 11.1 Å². The Kier molecular flexibility index (Phi) is 6.62. The lowest BCUT2D eigenvalue weighted by Gasteiger charge is -2.34. The van der Waals surface area contributed by atoms with Gasteiger partial charge in [0.1, 0.15) is 6.54 Å². The molecule has 1 aromatic carbocycles. The Morgan fingerprint density at radius 1 is 0.879 bits per heavy atom. The minimum atomic E-state index is -5.19. The molecule has 0 unspecified atom stereocenters. The van der Waals surface area contributed by atoms with Gasteiger partial charge in [0.05, 0.1) is 16.0 Å². The predicted octanol–water partition coefficient (Wildman–Crippen LogP) is 2.42. The van der Waals surface area contributed by atoms with Gasteiger partial charge in [0.25, 0.3) is 5.56 Å². The Labute approximate surface area is 183 Å². The van der Waals surface area contributed by atoms with Crippen LogP contribution in [0.15, 0.2) is 52.3 Å². The van der Waals surface area contributed by atoms with Crippen molar-refractivity contribution >= 4 is 15.9 Å². The van der Waals surface area contributed by atoms with Crippen LogP contribution in [0.3, 0.4) is 0 Å². The highest BCUT2D eigenvalue weighted by Gasteiger charge is 2.39. The number of aromatic nitrogens is 1. The molecule has 7 nitrogen and oxygen atoms in total. The van der Waals surface area contributed by atoms with Gasteiger partial charge in [-0.05, 0) is 24.3 Å². The van der Waals surface area contributed by atoms with Crippen LogP contribution in [-0.4, -0.2) is 54.3 Å². The normalized spacial score (nSPS) is 16.1. The molecule has 2 heterocycles. The first kappa shape index (κ1) is 24.8. The number of hydrogen-bond donors (Lipinski definition) is 0. The number of carbonyl (C=O) groups is 1. The van der Waals surface area contributed by atoms with Crippen LogP contribution < -0.4 is 5.56 Å². The maximum atomic E-state index is 13.1. The Bertz CT molecular complexity index is 1170. The number of sulfonamides is 1. The monoisotopic (exact) mass is 497 g/mol. The summed E-state index contributed by atoms with van der Waals surface area (Å²) in [6, 6.07) is 4.45. The predicted molar refractivity (Wildman–Crippen MR) is 102 cm³/mol. The maximum Gasteiger partial charge on any atom is 0.416 e. The third-order valence-corrected chi connectivity index (χ3v) is 6.87. The fourth-order valence-electron chi connectivity index (χ4n) is 3.24. The summed E-state index contributed by atoms with van der Waals surface area (Å²) >= 11 is 0. The van der Waals surface area contributed by atoms with E-state index >= 15 is 0 Å².